The maximum Gasteiger partial charge on any atom is 0.192 e. The molecule has 88 valence electrons. The minimum Gasteiger partial charge on any atom is -0.398 e. The van der Waals surface area contributed by atoms with E-state index in [1.54, 1.807) is 0 Å². The fraction of sp³-hybridized carbons (Fsp3) is 0.167. The topological polar surface area (TPSA) is 51.8 Å². The van der Waals surface area contributed by atoms with Gasteiger partial charge in [-0.25, -0.2) is 9.97 Å². The molecular formula is C12H12IN3S. The molecule has 0 aliphatic rings. The first-order valence-electron chi connectivity index (χ1n) is 5.10. The molecule has 17 heavy (non-hydrogen) atoms. The van der Waals surface area contributed by atoms with Crippen molar-refractivity contribution < 1.29 is 0 Å². The van der Waals surface area contributed by atoms with Gasteiger partial charge in [0, 0.05) is 25.5 Å². The van der Waals surface area contributed by atoms with Gasteiger partial charge in [0.1, 0.15) is 0 Å². The van der Waals surface area contributed by atoms with Crippen LogP contribution in [0.25, 0.3) is 0 Å². The molecule has 0 atom stereocenters. The normalized spacial score (nSPS) is 10.5. The lowest BCUT2D eigenvalue weighted by Gasteiger charge is -2.06. The van der Waals surface area contributed by atoms with Gasteiger partial charge in [-0.1, -0.05) is 0 Å². The lowest BCUT2D eigenvalue weighted by Crippen LogP contribution is -1.94. The second-order valence-corrected chi connectivity index (χ2v) is 5.97. The van der Waals surface area contributed by atoms with Crippen molar-refractivity contribution in [2.45, 2.75) is 23.9 Å². The van der Waals surface area contributed by atoms with E-state index < -0.39 is 0 Å². The summed E-state index contributed by atoms with van der Waals surface area (Å²) in [4.78, 5) is 9.77. The third-order valence-corrected chi connectivity index (χ3v) is 3.76. The van der Waals surface area contributed by atoms with Gasteiger partial charge in [0.2, 0.25) is 0 Å². The van der Waals surface area contributed by atoms with Crippen LogP contribution in [0.15, 0.2) is 34.3 Å². The molecule has 3 nitrogen and oxygen atoms in total. The van der Waals surface area contributed by atoms with Crippen molar-refractivity contribution in [3.05, 3.63) is 39.2 Å². The van der Waals surface area contributed by atoms with Crippen LogP contribution in [-0.2, 0) is 0 Å². The van der Waals surface area contributed by atoms with E-state index in [4.69, 9.17) is 5.73 Å². The summed E-state index contributed by atoms with van der Waals surface area (Å²) in [6, 6.07) is 7.94. The summed E-state index contributed by atoms with van der Waals surface area (Å²) in [6.07, 6.45) is 0. The Labute approximate surface area is 118 Å². The van der Waals surface area contributed by atoms with Crippen molar-refractivity contribution >= 4 is 40.0 Å². The Morgan fingerprint density at radius 2 is 1.76 bits per heavy atom. The molecular weight excluding hydrogens is 345 g/mol. The highest BCUT2D eigenvalue weighted by Crippen LogP contribution is 2.30. The number of nitrogens with two attached hydrogens (primary N) is 1. The fourth-order valence-electron chi connectivity index (χ4n) is 1.45. The lowest BCUT2D eigenvalue weighted by atomic mass is 10.3. The molecule has 0 unspecified atom stereocenters. The number of hydrogen-bond acceptors (Lipinski definition) is 4. The van der Waals surface area contributed by atoms with Crippen LogP contribution in [0.5, 0.6) is 0 Å². The van der Waals surface area contributed by atoms with E-state index in [1.165, 1.54) is 11.8 Å². The molecule has 0 amide bonds. The molecule has 2 rings (SSSR count). The van der Waals surface area contributed by atoms with Gasteiger partial charge in [-0.15, -0.1) is 0 Å². The molecule has 0 spiro atoms. The summed E-state index contributed by atoms with van der Waals surface area (Å²) in [5.41, 5.74) is 8.68. The number of nitrogens with zero attached hydrogens (tertiary/aromatic N) is 2. The zero-order valence-corrected chi connectivity index (χ0v) is 12.5. The van der Waals surface area contributed by atoms with Crippen LogP contribution >= 0.6 is 34.4 Å². The number of hydrogen-bond donors (Lipinski definition) is 1. The Balaban J connectivity index is 2.31. The zero-order chi connectivity index (χ0) is 12.4. The average molecular weight is 357 g/mol. The molecule has 5 heteroatoms. The van der Waals surface area contributed by atoms with Gasteiger partial charge in [-0.3, -0.25) is 0 Å². The van der Waals surface area contributed by atoms with Crippen LogP contribution in [0.2, 0.25) is 0 Å². The number of anilines is 1. The first kappa shape index (κ1) is 12.6. The van der Waals surface area contributed by atoms with Crippen molar-refractivity contribution in [3.63, 3.8) is 0 Å². The maximum atomic E-state index is 5.96. The Bertz CT molecular complexity index is 537. The van der Waals surface area contributed by atoms with Gasteiger partial charge in [0.15, 0.2) is 5.16 Å². The smallest absolute Gasteiger partial charge is 0.192 e. The number of nitrogen functional groups attached to an aromatic ring is 1. The molecule has 0 bridgehead atoms. The molecule has 0 radical (unpaired) electrons. The predicted octanol–water partition coefficient (Wildman–Crippen LogP) is 3.43. The molecule has 0 saturated heterocycles. The van der Waals surface area contributed by atoms with Crippen LogP contribution in [0, 0.1) is 17.4 Å². The number of benzene rings is 1. The SMILES string of the molecule is Cc1cc(C)nc(Sc2ccc(I)cc2N)n1. The quantitative estimate of drug-likeness (QED) is 0.508. The Morgan fingerprint density at radius 3 is 2.35 bits per heavy atom. The van der Waals surface area contributed by atoms with Gasteiger partial charge < -0.3 is 5.73 Å². The number of aromatic nitrogens is 2. The minimum absolute atomic E-state index is 0.746. The summed E-state index contributed by atoms with van der Waals surface area (Å²) in [7, 11) is 0. The summed E-state index contributed by atoms with van der Waals surface area (Å²) < 4.78 is 1.13. The molecule has 2 aromatic rings. The molecule has 1 aromatic heterocycles. The largest absolute Gasteiger partial charge is 0.398 e. The molecule has 0 aliphatic heterocycles. The third-order valence-electron chi connectivity index (χ3n) is 2.13. The van der Waals surface area contributed by atoms with E-state index in [9.17, 15) is 0 Å². The molecule has 0 saturated carbocycles. The van der Waals surface area contributed by atoms with E-state index in [0.717, 1.165) is 30.7 Å². The summed E-state index contributed by atoms with van der Waals surface area (Å²) in [5.74, 6) is 0. The molecule has 2 N–H and O–H groups in total. The van der Waals surface area contributed by atoms with Gasteiger partial charge in [-0.05, 0) is 72.5 Å². The van der Waals surface area contributed by atoms with E-state index >= 15 is 0 Å². The molecule has 1 aromatic carbocycles. The van der Waals surface area contributed by atoms with Gasteiger partial charge in [-0.2, -0.15) is 0 Å². The van der Waals surface area contributed by atoms with E-state index in [1.807, 2.05) is 38.1 Å². The highest BCUT2D eigenvalue weighted by atomic mass is 127. The van der Waals surface area contributed by atoms with Crippen molar-refractivity contribution in [1.29, 1.82) is 0 Å². The van der Waals surface area contributed by atoms with Gasteiger partial charge in [0.25, 0.3) is 0 Å². The van der Waals surface area contributed by atoms with Crippen molar-refractivity contribution in [2.24, 2.45) is 0 Å². The van der Waals surface area contributed by atoms with Crippen LogP contribution in [0.1, 0.15) is 11.4 Å². The molecule has 0 fully saturated rings. The van der Waals surface area contributed by atoms with E-state index in [-0.39, 0.29) is 0 Å². The van der Waals surface area contributed by atoms with Crippen molar-refractivity contribution in [2.75, 3.05) is 5.73 Å². The third kappa shape index (κ3) is 3.32. The lowest BCUT2D eigenvalue weighted by molar-refractivity contribution is 0.902. The number of rotatable bonds is 2. The van der Waals surface area contributed by atoms with Crippen LogP contribution < -0.4 is 5.73 Å². The maximum absolute atomic E-state index is 5.96. The Hall–Kier alpha value is -0.820. The Morgan fingerprint density at radius 1 is 1.12 bits per heavy atom. The summed E-state index contributed by atoms with van der Waals surface area (Å²) >= 11 is 3.74. The van der Waals surface area contributed by atoms with Crippen molar-refractivity contribution in [1.82, 2.24) is 9.97 Å². The first-order chi connectivity index (χ1) is 8.04. The highest BCUT2D eigenvalue weighted by molar-refractivity contribution is 14.1. The zero-order valence-electron chi connectivity index (χ0n) is 9.57. The van der Waals surface area contributed by atoms with Crippen LogP contribution in [0.4, 0.5) is 5.69 Å². The number of halogens is 1. The standard InChI is InChI=1S/C12H12IN3S/c1-7-5-8(2)16-12(15-7)17-11-4-3-9(13)6-10(11)14/h3-6H,14H2,1-2H3. The molecule has 0 aliphatic carbocycles. The highest BCUT2D eigenvalue weighted by Gasteiger charge is 2.06. The van der Waals surface area contributed by atoms with Gasteiger partial charge >= 0.3 is 0 Å². The van der Waals surface area contributed by atoms with E-state index in [0.29, 0.717) is 0 Å². The minimum atomic E-state index is 0.746. The molecule has 1 heterocycles. The van der Waals surface area contributed by atoms with Crippen LogP contribution in [0.3, 0.4) is 0 Å². The second-order valence-electron chi connectivity index (χ2n) is 3.72. The predicted molar refractivity (Wildman–Crippen MR) is 79.2 cm³/mol. The van der Waals surface area contributed by atoms with E-state index in [2.05, 4.69) is 32.6 Å². The van der Waals surface area contributed by atoms with Crippen LogP contribution in [-0.4, -0.2) is 9.97 Å². The number of aryl methyl sites for hydroxylation is 2. The first-order valence-corrected chi connectivity index (χ1v) is 6.99. The Kier molecular flexibility index (Phi) is 3.88. The summed E-state index contributed by atoms with van der Waals surface area (Å²) in [6.45, 7) is 3.94. The monoisotopic (exact) mass is 357 g/mol. The summed E-state index contributed by atoms with van der Waals surface area (Å²) in [5, 5.41) is 0.746. The van der Waals surface area contributed by atoms with Gasteiger partial charge in [0.05, 0.1) is 0 Å². The fourth-order valence-corrected chi connectivity index (χ4v) is 2.85. The van der Waals surface area contributed by atoms with Crippen molar-refractivity contribution in [3.8, 4) is 0 Å². The second kappa shape index (κ2) is 5.22. The average Bonchev–Trinajstić information content (AvgIpc) is 2.21.